The molecule has 0 atom stereocenters. The van der Waals surface area contributed by atoms with Gasteiger partial charge in [-0.25, -0.2) is 0 Å². The van der Waals surface area contributed by atoms with Crippen LogP contribution in [0.15, 0.2) is 50.7 Å². The minimum Gasteiger partial charge on any atom is -0.392 e. The first kappa shape index (κ1) is 13.7. The molecule has 18 heavy (non-hydrogen) atoms. The van der Waals surface area contributed by atoms with Gasteiger partial charge in [0.25, 0.3) is 0 Å². The van der Waals surface area contributed by atoms with Crippen LogP contribution < -0.4 is 0 Å². The third kappa shape index (κ3) is 3.16. The Balaban J connectivity index is 2.36. The Hall–Kier alpha value is -0.770. The van der Waals surface area contributed by atoms with Gasteiger partial charge in [0.15, 0.2) is 0 Å². The minimum absolute atomic E-state index is 0.0700. The summed E-state index contributed by atoms with van der Waals surface area (Å²) in [6, 6.07) is 12.4. The zero-order valence-corrected chi connectivity index (χ0v) is 12.8. The molecule has 2 aromatic carbocycles. The summed E-state index contributed by atoms with van der Waals surface area (Å²) in [6.07, 6.45) is 0. The van der Waals surface area contributed by atoms with Gasteiger partial charge in [-0.1, -0.05) is 51.5 Å². The highest BCUT2D eigenvalue weighted by Crippen LogP contribution is 2.34. The van der Waals surface area contributed by atoms with Gasteiger partial charge in [0.05, 0.1) is 6.61 Å². The van der Waals surface area contributed by atoms with Crippen LogP contribution in [0.25, 0.3) is 0 Å². The molecule has 0 aliphatic carbocycles. The molecule has 0 saturated heterocycles. The van der Waals surface area contributed by atoms with Crippen molar-refractivity contribution in [2.45, 2.75) is 30.2 Å². The van der Waals surface area contributed by atoms with Gasteiger partial charge < -0.3 is 5.11 Å². The summed E-state index contributed by atoms with van der Waals surface area (Å²) < 4.78 is 1.03. The number of aryl methyl sites for hydroxylation is 2. The largest absolute Gasteiger partial charge is 0.392 e. The van der Waals surface area contributed by atoms with Crippen molar-refractivity contribution in [2.75, 3.05) is 0 Å². The molecule has 3 heteroatoms. The van der Waals surface area contributed by atoms with E-state index in [0.29, 0.717) is 0 Å². The molecule has 1 N–H and O–H groups in total. The van der Waals surface area contributed by atoms with E-state index in [4.69, 9.17) is 0 Å². The van der Waals surface area contributed by atoms with E-state index in [2.05, 4.69) is 54.0 Å². The van der Waals surface area contributed by atoms with Crippen LogP contribution >= 0.6 is 27.7 Å². The average Bonchev–Trinajstić information content (AvgIpc) is 2.33. The van der Waals surface area contributed by atoms with E-state index in [9.17, 15) is 5.11 Å². The predicted octanol–water partition coefficient (Wildman–Crippen LogP) is 4.71. The lowest BCUT2D eigenvalue weighted by Gasteiger charge is -2.10. The van der Waals surface area contributed by atoms with Crippen LogP contribution in [0.5, 0.6) is 0 Å². The Labute approximate surface area is 120 Å². The molecule has 2 aromatic rings. The van der Waals surface area contributed by atoms with Crippen LogP contribution in [0.1, 0.15) is 16.7 Å². The first-order chi connectivity index (χ1) is 8.60. The van der Waals surface area contributed by atoms with Crippen molar-refractivity contribution in [3.63, 3.8) is 0 Å². The Morgan fingerprint density at radius 2 is 1.83 bits per heavy atom. The summed E-state index contributed by atoms with van der Waals surface area (Å²) >= 11 is 5.17. The molecule has 0 heterocycles. The summed E-state index contributed by atoms with van der Waals surface area (Å²) in [4.78, 5) is 2.33. The Kier molecular flexibility index (Phi) is 4.49. The van der Waals surface area contributed by atoms with Crippen molar-refractivity contribution >= 4 is 27.7 Å². The van der Waals surface area contributed by atoms with E-state index in [1.807, 2.05) is 12.1 Å². The molecule has 0 radical (unpaired) electrons. The van der Waals surface area contributed by atoms with Crippen LogP contribution in [0.3, 0.4) is 0 Å². The number of hydrogen-bond donors (Lipinski definition) is 1. The van der Waals surface area contributed by atoms with Crippen molar-refractivity contribution < 1.29 is 5.11 Å². The second-order valence-corrected chi connectivity index (χ2v) is 6.28. The fourth-order valence-electron chi connectivity index (χ4n) is 1.79. The average molecular weight is 323 g/mol. The Bertz CT molecular complexity index is 566. The summed E-state index contributed by atoms with van der Waals surface area (Å²) in [6.45, 7) is 4.28. The van der Waals surface area contributed by atoms with Gasteiger partial charge in [0.2, 0.25) is 0 Å². The van der Waals surface area contributed by atoms with Gasteiger partial charge in [0.1, 0.15) is 0 Å². The molecule has 0 aliphatic heterocycles. The summed E-state index contributed by atoms with van der Waals surface area (Å²) in [5.74, 6) is 0. The van der Waals surface area contributed by atoms with Crippen molar-refractivity contribution in [3.05, 3.63) is 57.6 Å². The highest BCUT2D eigenvalue weighted by atomic mass is 79.9. The molecule has 1 nitrogen and oxygen atoms in total. The van der Waals surface area contributed by atoms with Crippen LogP contribution in [-0.4, -0.2) is 5.11 Å². The quantitative estimate of drug-likeness (QED) is 0.883. The third-order valence-electron chi connectivity index (χ3n) is 2.75. The van der Waals surface area contributed by atoms with Gasteiger partial charge in [-0.05, 0) is 43.2 Å². The molecular weight excluding hydrogens is 308 g/mol. The van der Waals surface area contributed by atoms with Crippen LogP contribution in [0.4, 0.5) is 0 Å². The zero-order chi connectivity index (χ0) is 13.1. The molecule has 94 valence electrons. The van der Waals surface area contributed by atoms with E-state index in [0.717, 1.165) is 14.9 Å². The van der Waals surface area contributed by atoms with Crippen molar-refractivity contribution in [1.29, 1.82) is 0 Å². The van der Waals surface area contributed by atoms with E-state index in [-0.39, 0.29) is 6.61 Å². The first-order valence-electron chi connectivity index (χ1n) is 5.74. The second kappa shape index (κ2) is 5.91. The highest BCUT2D eigenvalue weighted by Gasteiger charge is 2.07. The topological polar surface area (TPSA) is 20.2 Å². The Morgan fingerprint density at radius 3 is 2.50 bits per heavy atom. The molecule has 0 amide bonds. The van der Waals surface area contributed by atoms with E-state index >= 15 is 0 Å². The van der Waals surface area contributed by atoms with Crippen LogP contribution in [0.2, 0.25) is 0 Å². The summed E-state index contributed by atoms with van der Waals surface area (Å²) in [5, 5.41) is 9.37. The fourth-order valence-corrected chi connectivity index (χ4v) is 3.34. The second-order valence-electron chi connectivity index (χ2n) is 4.28. The lowest BCUT2D eigenvalue weighted by Crippen LogP contribution is -1.89. The maximum atomic E-state index is 9.37. The van der Waals surface area contributed by atoms with Crippen LogP contribution in [-0.2, 0) is 6.61 Å². The van der Waals surface area contributed by atoms with E-state index < -0.39 is 0 Å². The minimum atomic E-state index is 0.0700. The van der Waals surface area contributed by atoms with E-state index in [1.54, 1.807) is 11.8 Å². The summed E-state index contributed by atoms with van der Waals surface area (Å²) in [7, 11) is 0. The molecule has 2 rings (SSSR count). The normalized spacial score (nSPS) is 10.7. The molecule has 0 unspecified atom stereocenters. The molecule has 0 spiro atoms. The SMILES string of the molecule is Cc1ccc(Sc2cc(Br)ccc2CO)c(C)c1. The first-order valence-corrected chi connectivity index (χ1v) is 7.35. The number of aliphatic hydroxyl groups is 1. The number of halogens is 1. The highest BCUT2D eigenvalue weighted by molar-refractivity contribution is 9.10. The van der Waals surface area contributed by atoms with Crippen molar-refractivity contribution in [3.8, 4) is 0 Å². The summed E-state index contributed by atoms with van der Waals surface area (Å²) in [5.41, 5.74) is 3.50. The van der Waals surface area contributed by atoms with Gasteiger partial charge in [-0.2, -0.15) is 0 Å². The van der Waals surface area contributed by atoms with Crippen LogP contribution in [0, 0.1) is 13.8 Å². The zero-order valence-electron chi connectivity index (χ0n) is 10.4. The molecule has 0 aliphatic rings. The lowest BCUT2D eigenvalue weighted by molar-refractivity contribution is 0.279. The molecule has 0 saturated carbocycles. The van der Waals surface area contributed by atoms with Crippen molar-refractivity contribution in [2.24, 2.45) is 0 Å². The van der Waals surface area contributed by atoms with Crippen molar-refractivity contribution in [1.82, 2.24) is 0 Å². The molecule has 0 fully saturated rings. The molecular formula is C15H15BrOS. The molecule has 0 bridgehead atoms. The van der Waals surface area contributed by atoms with Gasteiger partial charge >= 0.3 is 0 Å². The lowest BCUT2D eigenvalue weighted by atomic mass is 10.2. The number of hydrogen-bond acceptors (Lipinski definition) is 2. The number of benzene rings is 2. The maximum Gasteiger partial charge on any atom is 0.0692 e. The van der Waals surface area contributed by atoms with E-state index in [1.165, 1.54) is 16.0 Å². The van der Waals surface area contributed by atoms with Gasteiger partial charge in [0, 0.05) is 14.3 Å². The maximum absolute atomic E-state index is 9.37. The predicted molar refractivity (Wildman–Crippen MR) is 80.1 cm³/mol. The number of rotatable bonds is 3. The molecule has 0 aromatic heterocycles. The smallest absolute Gasteiger partial charge is 0.0692 e. The number of aliphatic hydroxyl groups excluding tert-OH is 1. The monoisotopic (exact) mass is 322 g/mol. The van der Waals surface area contributed by atoms with Gasteiger partial charge in [-0.3, -0.25) is 0 Å². The third-order valence-corrected chi connectivity index (χ3v) is 4.52. The standard InChI is InChI=1S/C15H15BrOS/c1-10-3-6-14(11(2)7-10)18-15-8-13(16)5-4-12(15)9-17/h3-8,17H,9H2,1-2H3. The fraction of sp³-hybridized carbons (Fsp3) is 0.200. The Morgan fingerprint density at radius 1 is 1.06 bits per heavy atom. The van der Waals surface area contributed by atoms with Gasteiger partial charge in [-0.15, -0.1) is 0 Å².